The molecule has 2 rings (SSSR count). The lowest BCUT2D eigenvalue weighted by atomic mass is 10.2. The Balaban J connectivity index is 1.80. The lowest BCUT2D eigenvalue weighted by Crippen LogP contribution is -2.35. The van der Waals surface area contributed by atoms with E-state index in [1.54, 1.807) is 12.4 Å². The maximum Gasteiger partial charge on any atom is 0.249 e. The van der Waals surface area contributed by atoms with Gasteiger partial charge in [0.1, 0.15) is 6.10 Å². The summed E-state index contributed by atoms with van der Waals surface area (Å²) in [4.78, 5) is 20.1. The molecule has 1 aliphatic heterocycles. The molecule has 0 spiro atoms. The van der Waals surface area contributed by atoms with Crippen LogP contribution >= 0.6 is 0 Å². The number of nitrogens with two attached hydrogens (primary N) is 1. The molecule has 0 bridgehead atoms. The summed E-state index contributed by atoms with van der Waals surface area (Å²) < 4.78 is 5.51. The van der Waals surface area contributed by atoms with Gasteiger partial charge in [0.2, 0.25) is 5.91 Å². The van der Waals surface area contributed by atoms with Crippen LogP contribution in [0.3, 0.4) is 0 Å². The summed E-state index contributed by atoms with van der Waals surface area (Å²) in [6.45, 7) is 2.71. The molecule has 1 aromatic rings. The zero-order valence-electron chi connectivity index (χ0n) is 10.4. The number of carbonyl (C=O) groups excluding carboxylic acids is 1. The Morgan fingerprint density at radius 1 is 1.50 bits per heavy atom. The van der Waals surface area contributed by atoms with Gasteiger partial charge in [-0.25, -0.2) is 0 Å². The van der Waals surface area contributed by atoms with Crippen molar-refractivity contribution in [2.24, 2.45) is 5.73 Å². The Hall–Kier alpha value is -1.53. The predicted octanol–water partition coefficient (Wildman–Crippen LogP) is -0.0925. The zero-order chi connectivity index (χ0) is 13.0. The number of hydrogen-bond donors (Lipinski definition) is 2. The number of aryl methyl sites for hydroxylation is 1. The first-order valence-electron chi connectivity index (χ1n) is 6.10. The highest BCUT2D eigenvalue weighted by Gasteiger charge is 2.29. The monoisotopic (exact) mass is 250 g/mol. The molecule has 6 heteroatoms. The number of rotatable bonds is 4. The molecular weight excluding hydrogens is 232 g/mol. The van der Waals surface area contributed by atoms with Crippen molar-refractivity contribution in [1.82, 2.24) is 15.3 Å². The molecule has 98 valence electrons. The van der Waals surface area contributed by atoms with Gasteiger partial charge in [-0.1, -0.05) is 0 Å². The molecule has 1 aliphatic rings. The average Bonchev–Trinajstić information content (AvgIpc) is 2.86. The van der Waals surface area contributed by atoms with Crippen LogP contribution in [0.2, 0.25) is 0 Å². The lowest BCUT2D eigenvalue weighted by Gasteiger charge is -2.12. The maximum atomic E-state index is 11.8. The summed E-state index contributed by atoms with van der Waals surface area (Å²) in [6, 6.07) is 0. The van der Waals surface area contributed by atoms with Crippen molar-refractivity contribution in [3.8, 4) is 0 Å². The molecule has 2 unspecified atom stereocenters. The Bertz CT molecular complexity index is 407. The number of nitrogens with zero attached hydrogens (tertiary/aromatic N) is 2. The molecular formula is C12H18N4O2. The van der Waals surface area contributed by atoms with E-state index in [9.17, 15) is 4.79 Å². The van der Waals surface area contributed by atoms with Gasteiger partial charge in [-0.2, -0.15) is 0 Å². The van der Waals surface area contributed by atoms with Crippen LogP contribution in [0.1, 0.15) is 24.2 Å². The van der Waals surface area contributed by atoms with Crippen molar-refractivity contribution in [3.05, 3.63) is 23.8 Å². The third-order valence-corrected chi connectivity index (χ3v) is 2.94. The fraction of sp³-hybridized carbons (Fsp3) is 0.583. The first-order valence-corrected chi connectivity index (χ1v) is 6.10. The molecule has 0 saturated carbocycles. The normalized spacial score (nSPS) is 23.0. The van der Waals surface area contributed by atoms with Gasteiger partial charge >= 0.3 is 0 Å². The van der Waals surface area contributed by atoms with Gasteiger partial charge in [-0.15, -0.1) is 0 Å². The molecule has 0 radical (unpaired) electrons. The molecule has 1 saturated heterocycles. The first-order chi connectivity index (χ1) is 8.69. The van der Waals surface area contributed by atoms with Crippen molar-refractivity contribution in [3.63, 3.8) is 0 Å². The number of ether oxygens (including phenoxy) is 1. The van der Waals surface area contributed by atoms with E-state index in [-0.39, 0.29) is 18.1 Å². The van der Waals surface area contributed by atoms with Gasteiger partial charge in [0.15, 0.2) is 0 Å². The molecule has 18 heavy (non-hydrogen) atoms. The fourth-order valence-electron chi connectivity index (χ4n) is 1.87. The molecule has 2 heterocycles. The summed E-state index contributed by atoms with van der Waals surface area (Å²) >= 11 is 0. The van der Waals surface area contributed by atoms with Crippen LogP contribution in [0.5, 0.6) is 0 Å². The summed E-state index contributed by atoms with van der Waals surface area (Å²) in [7, 11) is 0. The maximum absolute atomic E-state index is 11.8. The van der Waals surface area contributed by atoms with Gasteiger partial charge in [0, 0.05) is 12.7 Å². The highest BCUT2D eigenvalue weighted by atomic mass is 16.5. The minimum Gasteiger partial charge on any atom is -0.364 e. The van der Waals surface area contributed by atoms with Crippen molar-refractivity contribution in [2.75, 3.05) is 6.54 Å². The van der Waals surface area contributed by atoms with Crippen LogP contribution in [0.25, 0.3) is 0 Å². The second kappa shape index (κ2) is 5.88. The van der Waals surface area contributed by atoms with Crippen LogP contribution < -0.4 is 11.1 Å². The van der Waals surface area contributed by atoms with Crippen LogP contribution in [0.4, 0.5) is 0 Å². The van der Waals surface area contributed by atoms with E-state index in [0.717, 1.165) is 24.2 Å². The predicted molar refractivity (Wildman–Crippen MR) is 65.6 cm³/mol. The first kappa shape index (κ1) is 12.9. The second-order valence-electron chi connectivity index (χ2n) is 4.43. The van der Waals surface area contributed by atoms with E-state index in [2.05, 4.69) is 15.3 Å². The quantitative estimate of drug-likeness (QED) is 0.779. The molecule has 6 nitrogen and oxygen atoms in total. The summed E-state index contributed by atoms with van der Waals surface area (Å²) in [5, 5.41) is 2.80. The van der Waals surface area contributed by atoms with Crippen molar-refractivity contribution in [2.45, 2.75) is 38.5 Å². The number of amides is 1. The minimum atomic E-state index is -0.378. The summed E-state index contributed by atoms with van der Waals surface area (Å²) in [5.41, 5.74) is 7.10. The van der Waals surface area contributed by atoms with E-state index in [1.165, 1.54) is 0 Å². The van der Waals surface area contributed by atoms with Crippen molar-refractivity contribution < 1.29 is 9.53 Å². The second-order valence-corrected chi connectivity index (χ2v) is 4.43. The van der Waals surface area contributed by atoms with Crippen LogP contribution in [-0.4, -0.2) is 34.6 Å². The van der Waals surface area contributed by atoms with Crippen LogP contribution in [0, 0.1) is 6.92 Å². The summed E-state index contributed by atoms with van der Waals surface area (Å²) in [6.07, 6.45) is 4.55. The standard InChI is InChI=1S/C12H18N4O2/c1-8-5-15-9(6-14-8)7-16-12(17)11-3-2-10(4-13)18-11/h5-6,10-11H,2-4,7,13H2,1H3,(H,16,17). The number of nitrogens with one attached hydrogen (secondary N) is 1. The third kappa shape index (κ3) is 3.24. The molecule has 2 atom stereocenters. The van der Waals surface area contributed by atoms with Crippen LogP contribution in [0.15, 0.2) is 12.4 Å². The minimum absolute atomic E-state index is 0.0138. The lowest BCUT2D eigenvalue weighted by molar-refractivity contribution is -0.132. The van der Waals surface area contributed by atoms with Gasteiger partial charge in [0.25, 0.3) is 0 Å². The highest BCUT2D eigenvalue weighted by molar-refractivity contribution is 5.80. The third-order valence-electron chi connectivity index (χ3n) is 2.94. The Kier molecular flexibility index (Phi) is 4.22. The van der Waals surface area contributed by atoms with E-state index in [4.69, 9.17) is 10.5 Å². The fourth-order valence-corrected chi connectivity index (χ4v) is 1.87. The number of carbonyl (C=O) groups is 1. The van der Waals surface area contributed by atoms with Crippen molar-refractivity contribution in [1.29, 1.82) is 0 Å². The largest absolute Gasteiger partial charge is 0.364 e. The number of hydrogen-bond acceptors (Lipinski definition) is 5. The highest BCUT2D eigenvalue weighted by Crippen LogP contribution is 2.18. The SMILES string of the molecule is Cc1cnc(CNC(=O)C2CCC(CN)O2)cn1. The van der Waals surface area contributed by atoms with Crippen LogP contribution in [-0.2, 0) is 16.1 Å². The van der Waals surface area contributed by atoms with Gasteiger partial charge in [0.05, 0.1) is 30.2 Å². The number of aromatic nitrogens is 2. The van der Waals surface area contributed by atoms with E-state index < -0.39 is 0 Å². The smallest absolute Gasteiger partial charge is 0.249 e. The van der Waals surface area contributed by atoms with E-state index in [0.29, 0.717) is 13.1 Å². The Labute approximate surface area is 106 Å². The van der Waals surface area contributed by atoms with Crippen molar-refractivity contribution >= 4 is 5.91 Å². The average molecular weight is 250 g/mol. The topological polar surface area (TPSA) is 90.1 Å². The van der Waals surface area contributed by atoms with E-state index in [1.807, 2.05) is 6.92 Å². The Morgan fingerprint density at radius 3 is 2.94 bits per heavy atom. The molecule has 1 aromatic heterocycles. The molecule has 3 N–H and O–H groups in total. The van der Waals surface area contributed by atoms with Gasteiger partial charge < -0.3 is 15.8 Å². The molecule has 1 amide bonds. The zero-order valence-corrected chi connectivity index (χ0v) is 10.4. The molecule has 0 aliphatic carbocycles. The van der Waals surface area contributed by atoms with Gasteiger partial charge in [-0.05, 0) is 19.8 Å². The van der Waals surface area contributed by atoms with Gasteiger partial charge in [-0.3, -0.25) is 14.8 Å². The molecule has 1 fully saturated rings. The Morgan fingerprint density at radius 2 is 2.33 bits per heavy atom. The molecule has 0 aromatic carbocycles. The van der Waals surface area contributed by atoms with E-state index >= 15 is 0 Å². The summed E-state index contributed by atoms with van der Waals surface area (Å²) in [5.74, 6) is -0.103.